The molecule has 0 aromatic rings. The van der Waals surface area contributed by atoms with Crippen LogP contribution in [0.4, 0.5) is 0 Å². The van der Waals surface area contributed by atoms with Gasteiger partial charge in [0.15, 0.2) is 0 Å². The maximum absolute atomic E-state index is 2.57. The second-order valence-corrected chi connectivity index (χ2v) is 40.0. The first-order chi connectivity index (χ1) is 8.69. The van der Waals surface area contributed by atoms with E-state index in [-0.39, 0.29) is 24.8 Å². The van der Waals surface area contributed by atoms with Gasteiger partial charge >= 0.3 is 141 Å². The van der Waals surface area contributed by atoms with Gasteiger partial charge in [0, 0.05) is 0 Å². The van der Waals surface area contributed by atoms with E-state index in [1.165, 1.54) is 12.8 Å². The first-order valence-corrected chi connectivity index (χ1v) is 29.7. The summed E-state index contributed by atoms with van der Waals surface area (Å²) in [6, 6.07) is 0. The number of hydrogen-bond donors (Lipinski definition) is 0. The summed E-state index contributed by atoms with van der Waals surface area (Å²) in [5, 5.41) is 0. The second-order valence-electron chi connectivity index (χ2n) is 7.62. The first kappa shape index (κ1) is 23.0. The average molecular weight is 620 g/mol. The van der Waals surface area contributed by atoms with E-state index in [2.05, 4.69) is 53.9 Å². The Labute approximate surface area is 163 Å². The van der Waals surface area contributed by atoms with Crippen LogP contribution < -0.4 is 0 Å². The van der Waals surface area contributed by atoms with Crippen LogP contribution in [0.5, 0.6) is 0 Å². The molecule has 0 atom stereocenters. The van der Waals surface area contributed by atoms with Gasteiger partial charge in [-0.1, -0.05) is 0 Å². The summed E-state index contributed by atoms with van der Waals surface area (Å²) >= 11 is -4.19. The number of allylic oxidation sites excluding steroid dienone is 8. The first-order valence-electron chi connectivity index (χ1n) is 7.27. The summed E-state index contributed by atoms with van der Waals surface area (Å²) in [5.74, 6) is 0. The molecular formula is C16H28Cl2Sn2Zr. The number of halogens is 2. The number of hydrogen-bond acceptors (Lipinski definition) is 0. The van der Waals surface area contributed by atoms with Crippen molar-refractivity contribution >= 4 is 61.6 Å². The van der Waals surface area contributed by atoms with E-state index in [0.29, 0.717) is 0 Å². The Morgan fingerprint density at radius 3 is 1.33 bits per heavy atom. The van der Waals surface area contributed by atoms with Gasteiger partial charge in [0.2, 0.25) is 0 Å². The summed E-state index contributed by atoms with van der Waals surface area (Å²) in [4.78, 5) is 15.4. The summed E-state index contributed by atoms with van der Waals surface area (Å²) in [7, 11) is 0. The molecule has 0 unspecified atom stereocenters. The van der Waals surface area contributed by atoms with Crippen molar-refractivity contribution in [1.82, 2.24) is 0 Å². The Hall–Kier alpha value is 2.02. The average Bonchev–Trinajstić information content (AvgIpc) is 2.83. The zero-order chi connectivity index (χ0) is 14.3. The summed E-state index contributed by atoms with van der Waals surface area (Å²) in [6.45, 7) is 0. The van der Waals surface area contributed by atoms with Gasteiger partial charge in [0.25, 0.3) is 0 Å². The molecule has 0 N–H and O–H groups in total. The minimum atomic E-state index is -1.86. The molecule has 0 bridgehead atoms. The molecule has 21 heavy (non-hydrogen) atoms. The summed E-state index contributed by atoms with van der Waals surface area (Å²) < 4.78 is 7.59. The fraction of sp³-hybridized carbons (Fsp3) is 0.500. The van der Waals surface area contributed by atoms with Crippen LogP contribution in [-0.2, 0) is 23.2 Å². The zero-order valence-electron chi connectivity index (χ0n) is 14.0. The molecule has 0 spiro atoms. The number of rotatable bonds is 4. The molecule has 5 heteroatoms. The van der Waals surface area contributed by atoms with Crippen LogP contribution in [0.3, 0.4) is 0 Å². The molecule has 0 aliphatic heterocycles. The topological polar surface area (TPSA) is 0 Å². The van der Waals surface area contributed by atoms with E-state index < -0.39 is 60.0 Å². The van der Waals surface area contributed by atoms with Crippen molar-refractivity contribution in [1.29, 1.82) is 0 Å². The van der Waals surface area contributed by atoms with Crippen molar-refractivity contribution in [2.45, 2.75) is 42.5 Å². The van der Waals surface area contributed by atoms with E-state index in [1.54, 1.807) is 0 Å². The van der Waals surface area contributed by atoms with Crippen LogP contribution in [0.25, 0.3) is 0 Å². The molecule has 0 heterocycles. The van der Waals surface area contributed by atoms with Gasteiger partial charge in [0.05, 0.1) is 0 Å². The normalized spacial score (nSPS) is 18.0. The molecule has 0 aromatic heterocycles. The molecule has 118 valence electrons. The van der Waals surface area contributed by atoms with Crippen molar-refractivity contribution in [2.24, 2.45) is 0 Å². The van der Waals surface area contributed by atoms with Gasteiger partial charge in [-0.2, -0.15) is 0 Å². The summed E-state index contributed by atoms with van der Waals surface area (Å²) in [5.41, 5.74) is 0. The van der Waals surface area contributed by atoms with Crippen molar-refractivity contribution in [3.05, 3.63) is 38.0 Å². The van der Waals surface area contributed by atoms with Crippen molar-refractivity contribution in [3.63, 3.8) is 0 Å². The molecule has 2 aliphatic carbocycles. The molecule has 0 nitrogen and oxygen atoms in total. The molecular weight excluding hydrogens is 592 g/mol. The van der Waals surface area contributed by atoms with E-state index in [1.807, 2.05) is 13.7 Å². The van der Waals surface area contributed by atoms with Crippen molar-refractivity contribution < 1.29 is 23.2 Å². The molecule has 0 saturated heterocycles. The predicted molar refractivity (Wildman–Crippen MR) is 103 cm³/mol. The third-order valence-corrected chi connectivity index (χ3v) is 23.0. The maximum atomic E-state index is 2.57. The monoisotopic (exact) mass is 620 g/mol. The molecule has 0 aromatic carbocycles. The Bertz CT molecular complexity index is 457. The van der Waals surface area contributed by atoms with Gasteiger partial charge in [-0.3, -0.25) is 0 Å². The van der Waals surface area contributed by atoms with Crippen LogP contribution in [-0.4, -0.2) is 36.8 Å². The van der Waals surface area contributed by atoms with Gasteiger partial charge < -0.3 is 0 Å². The quantitative estimate of drug-likeness (QED) is 0.334. The third-order valence-electron chi connectivity index (χ3n) is 3.78. The third kappa shape index (κ3) is 6.11. The summed E-state index contributed by atoms with van der Waals surface area (Å²) in [6.07, 6.45) is 12.5. The second kappa shape index (κ2) is 8.92. The van der Waals surface area contributed by atoms with Gasteiger partial charge in [-0.25, -0.2) is 0 Å². The molecule has 0 radical (unpaired) electrons. The van der Waals surface area contributed by atoms with Crippen LogP contribution in [0, 0.1) is 0 Å². The van der Waals surface area contributed by atoms with Crippen LogP contribution >= 0.6 is 24.8 Å². The molecule has 0 fully saturated rings. The zero-order valence-corrected chi connectivity index (χ0v) is 23.8. The Balaban J connectivity index is 0.00000200. The van der Waals surface area contributed by atoms with Crippen LogP contribution in [0.1, 0.15) is 12.8 Å². The van der Waals surface area contributed by atoms with Crippen LogP contribution in [0.15, 0.2) is 38.0 Å². The predicted octanol–water partition coefficient (Wildman–Crippen LogP) is 6.10. The standard InChI is InChI=1S/2C5H4.6CH3.2ClH.2Sn.Zr/c2*1-2-4-5-3-1;;;;;;;;;;;/h2*1-2H,3H2;6*1H3;2*1H;;;. The fourth-order valence-electron chi connectivity index (χ4n) is 2.83. The van der Waals surface area contributed by atoms with Crippen molar-refractivity contribution in [3.8, 4) is 0 Å². The fourth-order valence-corrected chi connectivity index (χ4v) is 29.6. The van der Waals surface area contributed by atoms with Crippen LogP contribution in [0.2, 0.25) is 29.6 Å². The van der Waals surface area contributed by atoms with Gasteiger partial charge in [-0.15, -0.1) is 24.8 Å². The van der Waals surface area contributed by atoms with E-state index in [9.17, 15) is 0 Å². The molecule has 0 amide bonds. The Morgan fingerprint density at radius 2 is 1.05 bits per heavy atom. The molecule has 0 saturated carbocycles. The SMILES string of the molecule is Cl.Cl.[CH3][Sn]([CH3])([CH3])[C]1=[C]([Zr][C]2=[C]([Sn]([CH3])([CH3])[CH3])C=CC2)CC=C1. The van der Waals surface area contributed by atoms with Gasteiger partial charge in [0.1, 0.15) is 0 Å². The Morgan fingerprint density at radius 1 is 0.714 bits per heavy atom. The van der Waals surface area contributed by atoms with E-state index in [4.69, 9.17) is 0 Å². The van der Waals surface area contributed by atoms with E-state index in [0.717, 1.165) is 0 Å². The minimum absolute atomic E-state index is 0. The van der Waals surface area contributed by atoms with Gasteiger partial charge in [-0.05, 0) is 0 Å². The van der Waals surface area contributed by atoms with Crippen molar-refractivity contribution in [2.75, 3.05) is 0 Å². The Kier molecular flexibility index (Phi) is 9.78. The molecule has 2 aliphatic rings. The molecule has 2 rings (SSSR count). The van der Waals surface area contributed by atoms with E-state index >= 15 is 0 Å².